The number of piperidine rings is 1. The van der Waals surface area contributed by atoms with Crippen LogP contribution in [0.2, 0.25) is 0 Å². The topological polar surface area (TPSA) is 18.5 Å². The SMILES string of the molecule is Fc1cccc(F)c1N1CC[C@H](NC2CCN(CC(F)F)CC2)C1. The van der Waals surface area contributed by atoms with Gasteiger partial charge in [0.05, 0.1) is 6.54 Å². The fourth-order valence-corrected chi connectivity index (χ4v) is 3.70. The van der Waals surface area contributed by atoms with E-state index < -0.39 is 18.1 Å². The molecule has 2 aliphatic rings. The molecule has 1 N–H and O–H groups in total. The van der Waals surface area contributed by atoms with E-state index in [0.29, 0.717) is 26.2 Å². The maximum Gasteiger partial charge on any atom is 0.251 e. The highest BCUT2D eigenvalue weighted by Gasteiger charge is 2.29. The summed E-state index contributed by atoms with van der Waals surface area (Å²) in [6, 6.07) is 4.38. The molecule has 0 spiro atoms. The highest BCUT2D eigenvalue weighted by molar-refractivity contribution is 5.50. The number of halogens is 4. The van der Waals surface area contributed by atoms with E-state index in [9.17, 15) is 17.6 Å². The van der Waals surface area contributed by atoms with Crippen LogP contribution in [0.4, 0.5) is 23.2 Å². The van der Waals surface area contributed by atoms with E-state index in [1.165, 1.54) is 18.2 Å². The highest BCUT2D eigenvalue weighted by atomic mass is 19.3. The summed E-state index contributed by atoms with van der Waals surface area (Å²) < 4.78 is 52.5. The van der Waals surface area contributed by atoms with Crippen LogP contribution < -0.4 is 10.2 Å². The third kappa shape index (κ3) is 4.19. The second-order valence-corrected chi connectivity index (χ2v) is 6.63. The third-order valence-corrected chi connectivity index (χ3v) is 4.90. The van der Waals surface area contributed by atoms with Gasteiger partial charge in [-0.2, -0.15) is 0 Å². The Morgan fingerprint density at radius 2 is 1.62 bits per heavy atom. The number of nitrogens with one attached hydrogen (secondary N) is 1. The molecule has 0 bridgehead atoms. The van der Waals surface area contributed by atoms with Gasteiger partial charge >= 0.3 is 0 Å². The Morgan fingerprint density at radius 1 is 1.00 bits per heavy atom. The molecule has 7 heteroatoms. The van der Waals surface area contributed by atoms with E-state index in [1.807, 2.05) is 0 Å². The predicted molar refractivity (Wildman–Crippen MR) is 85.6 cm³/mol. The van der Waals surface area contributed by atoms with Gasteiger partial charge in [0.15, 0.2) is 0 Å². The van der Waals surface area contributed by atoms with Gasteiger partial charge in [-0.05, 0) is 44.5 Å². The number of anilines is 1. The maximum absolute atomic E-state index is 13.9. The molecule has 0 aliphatic carbocycles. The molecule has 2 fully saturated rings. The van der Waals surface area contributed by atoms with Gasteiger partial charge in [-0.3, -0.25) is 4.90 Å². The first-order chi connectivity index (χ1) is 11.5. The molecule has 3 rings (SSSR count). The van der Waals surface area contributed by atoms with E-state index in [0.717, 1.165) is 19.3 Å². The van der Waals surface area contributed by atoms with Gasteiger partial charge in [-0.15, -0.1) is 0 Å². The average Bonchev–Trinajstić information content (AvgIpc) is 2.97. The number of likely N-dealkylation sites (tertiary alicyclic amines) is 1. The van der Waals surface area contributed by atoms with Crippen molar-refractivity contribution in [2.24, 2.45) is 0 Å². The number of benzene rings is 1. The summed E-state index contributed by atoms with van der Waals surface area (Å²) in [5.41, 5.74) is 0.0496. The van der Waals surface area contributed by atoms with Gasteiger partial charge in [-0.25, -0.2) is 17.6 Å². The highest BCUT2D eigenvalue weighted by Crippen LogP contribution is 2.27. The van der Waals surface area contributed by atoms with E-state index in [-0.39, 0.29) is 24.3 Å². The number of hydrogen-bond donors (Lipinski definition) is 1. The largest absolute Gasteiger partial charge is 0.365 e. The molecule has 1 aromatic carbocycles. The fraction of sp³-hybridized carbons (Fsp3) is 0.647. The number of alkyl halides is 2. The van der Waals surface area contributed by atoms with Crippen molar-refractivity contribution in [3.05, 3.63) is 29.8 Å². The first kappa shape index (κ1) is 17.5. The normalized spacial score (nSPS) is 23.4. The Bertz CT molecular complexity index is 526. The number of rotatable bonds is 5. The summed E-state index contributed by atoms with van der Waals surface area (Å²) in [5, 5.41) is 3.53. The smallest absolute Gasteiger partial charge is 0.251 e. The number of nitrogens with zero attached hydrogens (tertiary/aromatic N) is 2. The molecule has 0 saturated carbocycles. The standard InChI is InChI=1S/C17H23F4N3/c18-14-2-1-3-15(19)17(14)24-9-6-13(10-24)22-12-4-7-23(8-5-12)11-16(20)21/h1-3,12-13,16,22H,4-11H2/t13-/m0/s1. The van der Waals surface area contributed by atoms with Crippen LogP contribution in [0.25, 0.3) is 0 Å². The lowest BCUT2D eigenvalue weighted by atomic mass is 10.0. The van der Waals surface area contributed by atoms with Gasteiger partial charge in [0.25, 0.3) is 6.43 Å². The number of para-hydroxylation sites is 1. The van der Waals surface area contributed by atoms with Crippen molar-refractivity contribution in [1.29, 1.82) is 0 Å². The van der Waals surface area contributed by atoms with Crippen molar-refractivity contribution in [3.8, 4) is 0 Å². The Morgan fingerprint density at radius 3 is 2.25 bits per heavy atom. The lowest BCUT2D eigenvalue weighted by Crippen LogP contribution is -2.47. The van der Waals surface area contributed by atoms with E-state index in [2.05, 4.69) is 5.32 Å². The van der Waals surface area contributed by atoms with E-state index >= 15 is 0 Å². The van der Waals surface area contributed by atoms with Gasteiger partial charge < -0.3 is 10.2 Å². The molecule has 24 heavy (non-hydrogen) atoms. The maximum atomic E-state index is 13.9. The first-order valence-corrected chi connectivity index (χ1v) is 8.48. The minimum absolute atomic E-state index is 0.0496. The van der Waals surface area contributed by atoms with Crippen LogP contribution in [-0.2, 0) is 0 Å². The Balaban J connectivity index is 1.49. The van der Waals surface area contributed by atoms with Crippen molar-refractivity contribution < 1.29 is 17.6 Å². The quantitative estimate of drug-likeness (QED) is 0.828. The number of hydrogen-bond acceptors (Lipinski definition) is 3. The minimum atomic E-state index is -2.28. The van der Waals surface area contributed by atoms with E-state index in [1.54, 1.807) is 9.80 Å². The van der Waals surface area contributed by atoms with Gasteiger partial charge in [0.1, 0.15) is 17.3 Å². The molecule has 0 aromatic heterocycles. The Hall–Kier alpha value is -1.34. The molecule has 2 heterocycles. The van der Waals surface area contributed by atoms with Crippen LogP contribution in [0, 0.1) is 11.6 Å². The molecule has 2 aliphatic heterocycles. The van der Waals surface area contributed by atoms with Crippen LogP contribution in [0.3, 0.4) is 0 Å². The summed E-state index contributed by atoms with van der Waals surface area (Å²) in [6.07, 6.45) is 0.202. The molecule has 0 unspecified atom stereocenters. The molecular formula is C17H23F4N3. The molecule has 134 valence electrons. The van der Waals surface area contributed by atoms with Crippen molar-refractivity contribution in [3.63, 3.8) is 0 Å². The zero-order valence-corrected chi connectivity index (χ0v) is 13.5. The zero-order chi connectivity index (χ0) is 17.1. The zero-order valence-electron chi connectivity index (χ0n) is 13.5. The van der Waals surface area contributed by atoms with Crippen molar-refractivity contribution >= 4 is 5.69 Å². The van der Waals surface area contributed by atoms with Gasteiger partial charge in [-0.1, -0.05) is 6.07 Å². The molecule has 1 atom stereocenters. The van der Waals surface area contributed by atoms with Gasteiger partial charge in [0, 0.05) is 25.2 Å². The molecule has 0 radical (unpaired) electrons. The second-order valence-electron chi connectivity index (χ2n) is 6.63. The second kappa shape index (κ2) is 7.70. The monoisotopic (exact) mass is 345 g/mol. The first-order valence-electron chi connectivity index (χ1n) is 8.48. The fourth-order valence-electron chi connectivity index (χ4n) is 3.70. The van der Waals surface area contributed by atoms with Crippen LogP contribution in [-0.4, -0.2) is 56.1 Å². The Kier molecular flexibility index (Phi) is 5.61. The third-order valence-electron chi connectivity index (χ3n) is 4.90. The summed E-state index contributed by atoms with van der Waals surface area (Å²) in [6.45, 7) is 2.35. The minimum Gasteiger partial charge on any atom is -0.365 e. The van der Waals surface area contributed by atoms with E-state index in [4.69, 9.17) is 0 Å². The van der Waals surface area contributed by atoms with Crippen LogP contribution in [0.15, 0.2) is 18.2 Å². The van der Waals surface area contributed by atoms with Crippen LogP contribution in [0.1, 0.15) is 19.3 Å². The summed E-state index contributed by atoms with van der Waals surface area (Å²) in [5.74, 6) is -1.06. The molecule has 3 nitrogen and oxygen atoms in total. The predicted octanol–water partition coefficient (Wildman–Crippen LogP) is 2.86. The molecule has 2 saturated heterocycles. The molecule has 0 amide bonds. The lowest BCUT2D eigenvalue weighted by molar-refractivity contribution is 0.0722. The van der Waals surface area contributed by atoms with Gasteiger partial charge in [0.2, 0.25) is 0 Å². The summed E-state index contributed by atoms with van der Waals surface area (Å²) in [4.78, 5) is 3.53. The summed E-state index contributed by atoms with van der Waals surface area (Å²) in [7, 11) is 0. The van der Waals surface area contributed by atoms with Crippen molar-refractivity contribution in [1.82, 2.24) is 10.2 Å². The van der Waals surface area contributed by atoms with Crippen LogP contribution >= 0.6 is 0 Å². The molecule has 1 aromatic rings. The van der Waals surface area contributed by atoms with Crippen LogP contribution in [0.5, 0.6) is 0 Å². The van der Waals surface area contributed by atoms with Crippen molar-refractivity contribution in [2.45, 2.75) is 37.8 Å². The lowest BCUT2D eigenvalue weighted by Gasteiger charge is -2.33. The molecular weight excluding hydrogens is 322 g/mol. The summed E-state index contributed by atoms with van der Waals surface area (Å²) >= 11 is 0. The average molecular weight is 345 g/mol. The Labute approximate surface area is 139 Å². The van der Waals surface area contributed by atoms with Crippen molar-refractivity contribution in [2.75, 3.05) is 37.6 Å².